The summed E-state index contributed by atoms with van der Waals surface area (Å²) in [6.45, 7) is 3.77. The van der Waals surface area contributed by atoms with E-state index in [1.54, 1.807) is 0 Å². The standard InChI is InChI=1S/C18H20S2/c1-2-14-3-5-15(6-4-14)9-12-18(20)17-10-7-16(13-19)8-11-17/h2-8,10-11,18-20H,1,9,12-13H2. The van der Waals surface area contributed by atoms with Crippen LogP contribution in [0.4, 0.5) is 0 Å². The summed E-state index contributed by atoms with van der Waals surface area (Å²) in [5.41, 5.74) is 5.04. The van der Waals surface area contributed by atoms with E-state index in [1.807, 2.05) is 6.08 Å². The van der Waals surface area contributed by atoms with Gasteiger partial charge in [0.1, 0.15) is 0 Å². The molecular weight excluding hydrogens is 280 g/mol. The molecule has 2 aromatic rings. The molecule has 0 bridgehead atoms. The lowest BCUT2D eigenvalue weighted by molar-refractivity contribution is 0.807. The van der Waals surface area contributed by atoms with E-state index in [0.717, 1.165) is 18.6 Å². The molecule has 2 heteroatoms. The third-order valence-electron chi connectivity index (χ3n) is 3.47. The van der Waals surface area contributed by atoms with Crippen molar-refractivity contribution in [2.75, 3.05) is 0 Å². The molecule has 104 valence electrons. The predicted molar refractivity (Wildman–Crippen MR) is 95.7 cm³/mol. The van der Waals surface area contributed by atoms with Crippen LogP contribution in [0.3, 0.4) is 0 Å². The van der Waals surface area contributed by atoms with Gasteiger partial charge in [-0.15, -0.1) is 0 Å². The molecule has 0 heterocycles. The Bertz CT molecular complexity index is 541. The van der Waals surface area contributed by atoms with Crippen molar-refractivity contribution >= 4 is 31.3 Å². The molecule has 1 unspecified atom stereocenters. The van der Waals surface area contributed by atoms with Crippen LogP contribution in [0.2, 0.25) is 0 Å². The zero-order chi connectivity index (χ0) is 14.4. The average molecular weight is 300 g/mol. The normalized spacial score (nSPS) is 12.1. The van der Waals surface area contributed by atoms with Gasteiger partial charge in [-0.25, -0.2) is 0 Å². The molecule has 0 saturated heterocycles. The average Bonchev–Trinajstić information content (AvgIpc) is 2.53. The Morgan fingerprint density at radius 3 is 2.10 bits per heavy atom. The Morgan fingerprint density at radius 2 is 1.55 bits per heavy atom. The largest absolute Gasteiger partial charge is 0.175 e. The van der Waals surface area contributed by atoms with Crippen molar-refractivity contribution in [2.45, 2.75) is 23.8 Å². The van der Waals surface area contributed by atoms with Crippen LogP contribution < -0.4 is 0 Å². The van der Waals surface area contributed by atoms with Gasteiger partial charge in [0.25, 0.3) is 0 Å². The molecule has 0 saturated carbocycles. The monoisotopic (exact) mass is 300 g/mol. The Morgan fingerprint density at radius 1 is 0.950 bits per heavy atom. The maximum absolute atomic E-state index is 4.72. The van der Waals surface area contributed by atoms with Crippen molar-refractivity contribution < 1.29 is 0 Å². The smallest absolute Gasteiger partial charge is 0.0270 e. The summed E-state index contributed by atoms with van der Waals surface area (Å²) in [5.74, 6) is 0.785. The number of hydrogen-bond acceptors (Lipinski definition) is 2. The second-order valence-corrected chi connectivity index (χ2v) is 5.84. The summed E-state index contributed by atoms with van der Waals surface area (Å²) in [6.07, 6.45) is 3.95. The van der Waals surface area contributed by atoms with Crippen LogP contribution in [0.25, 0.3) is 6.08 Å². The summed E-state index contributed by atoms with van der Waals surface area (Å²) in [6, 6.07) is 17.1. The van der Waals surface area contributed by atoms with Gasteiger partial charge in [0.2, 0.25) is 0 Å². The molecular formula is C18H20S2. The summed E-state index contributed by atoms with van der Waals surface area (Å²) >= 11 is 8.99. The van der Waals surface area contributed by atoms with E-state index < -0.39 is 0 Å². The second-order valence-electron chi connectivity index (χ2n) is 4.90. The van der Waals surface area contributed by atoms with Gasteiger partial charge in [-0.2, -0.15) is 25.3 Å². The van der Waals surface area contributed by atoms with Gasteiger partial charge >= 0.3 is 0 Å². The number of rotatable bonds is 6. The molecule has 20 heavy (non-hydrogen) atoms. The lowest BCUT2D eigenvalue weighted by atomic mass is 10.0. The maximum Gasteiger partial charge on any atom is 0.0270 e. The Hall–Kier alpha value is -1.12. The third-order valence-corrected chi connectivity index (χ3v) is 4.39. The van der Waals surface area contributed by atoms with E-state index in [1.165, 1.54) is 22.3 Å². The van der Waals surface area contributed by atoms with Crippen molar-refractivity contribution in [2.24, 2.45) is 0 Å². The molecule has 0 amide bonds. The number of aryl methyl sites for hydroxylation is 1. The summed E-state index contributed by atoms with van der Waals surface area (Å²) in [7, 11) is 0. The van der Waals surface area contributed by atoms with E-state index >= 15 is 0 Å². The van der Waals surface area contributed by atoms with Gasteiger partial charge in [-0.1, -0.05) is 61.2 Å². The van der Waals surface area contributed by atoms with Gasteiger partial charge in [0, 0.05) is 11.0 Å². The van der Waals surface area contributed by atoms with Crippen LogP contribution in [0.1, 0.15) is 33.9 Å². The van der Waals surface area contributed by atoms with Crippen LogP contribution in [0.5, 0.6) is 0 Å². The lowest BCUT2D eigenvalue weighted by Gasteiger charge is -2.12. The lowest BCUT2D eigenvalue weighted by Crippen LogP contribution is -1.95. The highest BCUT2D eigenvalue weighted by molar-refractivity contribution is 7.80. The molecule has 0 spiro atoms. The van der Waals surface area contributed by atoms with Crippen LogP contribution in [0.15, 0.2) is 55.1 Å². The van der Waals surface area contributed by atoms with E-state index in [-0.39, 0.29) is 5.25 Å². The van der Waals surface area contributed by atoms with Crippen molar-refractivity contribution in [3.63, 3.8) is 0 Å². The van der Waals surface area contributed by atoms with Gasteiger partial charge in [-0.05, 0) is 35.1 Å². The first kappa shape index (κ1) is 15.3. The van der Waals surface area contributed by atoms with Crippen molar-refractivity contribution in [3.8, 4) is 0 Å². The first-order chi connectivity index (χ1) is 9.72. The van der Waals surface area contributed by atoms with E-state index in [9.17, 15) is 0 Å². The van der Waals surface area contributed by atoms with Gasteiger partial charge in [0.15, 0.2) is 0 Å². The highest BCUT2D eigenvalue weighted by Gasteiger charge is 2.06. The zero-order valence-corrected chi connectivity index (χ0v) is 13.3. The summed E-state index contributed by atoms with van der Waals surface area (Å²) in [4.78, 5) is 0. The van der Waals surface area contributed by atoms with Crippen molar-refractivity contribution in [3.05, 3.63) is 77.4 Å². The minimum Gasteiger partial charge on any atom is -0.175 e. The fourth-order valence-electron chi connectivity index (χ4n) is 2.14. The first-order valence-corrected chi connectivity index (χ1v) is 7.97. The molecule has 0 aliphatic heterocycles. The van der Waals surface area contributed by atoms with Gasteiger partial charge in [0.05, 0.1) is 0 Å². The number of hydrogen-bond donors (Lipinski definition) is 2. The fraction of sp³-hybridized carbons (Fsp3) is 0.222. The molecule has 2 rings (SSSR count). The minimum atomic E-state index is 0.281. The fourth-order valence-corrected chi connectivity index (χ4v) is 2.65. The summed E-state index contributed by atoms with van der Waals surface area (Å²) < 4.78 is 0. The van der Waals surface area contributed by atoms with E-state index in [0.29, 0.717) is 0 Å². The highest BCUT2D eigenvalue weighted by atomic mass is 32.1. The van der Waals surface area contributed by atoms with Gasteiger partial charge < -0.3 is 0 Å². The number of thiol groups is 2. The molecule has 0 N–H and O–H groups in total. The van der Waals surface area contributed by atoms with E-state index in [4.69, 9.17) is 12.6 Å². The van der Waals surface area contributed by atoms with Crippen LogP contribution in [-0.2, 0) is 12.2 Å². The Labute approximate surface area is 132 Å². The Balaban J connectivity index is 1.93. The molecule has 2 aromatic carbocycles. The molecule has 0 aliphatic carbocycles. The topological polar surface area (TPSA) is 0 Å². The molecule has 0 radical (unpaired) electrons. The Kier molecular flexibility index (Phi) is 5.81. The van der Waals surface area contributed by atoms with Gasteiger partial charge in [-0.3, -0.25) is 0 Å². The highest BCUT2D eigenvalue weighted by Crippen LogP contribution is 2.26. The quantitative estimate of drug-likeness (QED) is 0.659. The van der Waals surface area contributed by atoms with Crippen LogP contribution in [-0.4, -0.2) is 0 Å². The van der Waals surface area contributed by atoms with Crippen molar-refractivity contribution in [1.82, 2.24) is 0 Å². The molecule has 1 atom stereocenters. The van der Waals surface area contributed by atoms with Crippen molar-refractivity contribution in [1.29, 1.82) is 0 Å². The minimum absolute atomic E-state index is 0.281. The molecule has 0 aliphatic rings. The first-order valence-electron chi connectivity index (χ1n) is 6.82. The van der Waals surface area contributed by atoms with Crippen LogP contribution >= 0.6 is 25.3 Å². The predicted octanol–water partition coefficient (Wildman–Crippen LogP) is 5.36. The van der Waals surface area contributed by atoms with Crippen LogP contribution in [0, 0.1) is 0 Å². The molecule has 0 aromatic heterocycles. The SMILES string of the molecule is C=Cc1ccc(CCC(S)c2ccc(CS)cc2)cc1. The second kappa shape index (κ2) is 7.61. The molecule has 0 fully saturated rings. The zero-order valence-electron chi connectivity index (χ0n) is 11.5. The van der Waals surface area contributed by atoms with E-state index in [2.05, 4.69) is 67.7 Å². The maximum atomic E-state index is 4.72. The molecule has 0 nitrogen and oxygen atoms in total. The number of benzene rings is 2. The third kappa shape index (κ3) is 4.19. The summed E-state index contributed by atoms with van der Waals surface area (Å²) in [5, 5.41) is 0.281.